The molecule has 0 aliphatic rings. The number of benzene rings is 1. The van der Waals surface area contributed by atoms with Crippen molar-refractivity contribution in [2.75, 3.05) is 5.32 Å². The predicted molar refractivity (Wildman–Crippen MR) is 84.6 cm³/mol. The fraction of sp³-hybridized carbons (Fsp3) is 0.125. The summed E-state index contributed by atoms with van der Waals surface area (Å²) in [6.07, 6.45) is 0.759. The molecule has 9 heteroatoms. The number of alkyl halides is 3. The van der Waals surface area contributed by atoms with Gasteiger partial charge in [0.2, 0.25) is 5.82 Å². The molecular weight excluding hydrogens is 335 g/mol. The van der Waals surface area contributed by atoms with Crippen molar-refractivity contribution in [2.45, 2.75) is 12.7 Å². The van der Waals surface area contributed by atoms with E-state index in [0.29, 0.717) is 11.3 Å². The van der Waals surface area contributed by atoms with Crippen LogP contribution in [0.1, 0.15) is 11.4 Å². The molecule has 0 spiro atoms. The maximum atomic E-state index is 12.4. The summed E-state index contributed by atoms with van der Waals surface area (Å²) in [6.45, 7) is -0.00368. The minimum absolute atomic E-state index is 0.00368. The lowest BCUT2D eigenvalue weighted by atomic mass is 10.1. The summed E-state index contributed by atoms with van der Waals surface area (Å²) >= 11 is 0. The smallest absolute Gasteiger partial charge is 0.334 e. The molecule has 0 atom stereocenters. The van der Waals surface area contributed by atoms with Crippen LogP contribution in [0.2, 0.25) is 0 Å². The van der Waals surface area contributed by atoms with Crippen molar-refractivity contribution in [3.8, 4) is 0 Å². The largest absolute Gasteiger partial charge is 0.451 e. The standard InChI is InChI=1S/C16H12F3N5O/c17-16(18,19)14-21-6-10(7-22-14)8-23-15(25)24-13-3-1-2-11-9-20-5-4-12(11)13/h1-7,9H,8H2,(H2,23,24,25). The van der Waals surface area contributed by atoms with Gasteiger partial charge in [0.15, 0.2) is 0 Å². The van der Waals surface area contributed by atoms with E-state index >= 15 is 0 Å². The summed E-state index contributed by atoms with van der Waals surface area (Å²) in [6, 6.07) is 6.66. The third-order valence-corrected chi connectivity index (χ3v) is 3.34. The molecule has 0 aliphatic heterocycles. The second-order valence-electron chi connectivity index (χ2n) is 5.12. The molecule has 128 valence electrons. The van der Waals surface area contributed by atoms with E-state index in [1.54, 1.807) is 30.6 Å². The van der Waals surface area contributed by atoms with Crippen LogP contribution in [0.3, 0.4) is 0 Å². The normalized spacial score (nSPS) is 11.3. The minimum atomic E-state index is -4.59. The zero-order valence-electron chi connectivity index (χ0n) is 12.7. The number of anilines is 1. The number of urea groups is 1. The Labute approximate surface area is 140 Å². The highest BCUT2D eigenvalue weighted by molar-refractivity contribution is 6.01. The van der Waals surface area contributed by atoms with Crippen molar-refractivity contribution in [3.05, 3.63) is 60.4 Å². The first kappa shape index (κ1) is 16.6. The molecule has 3 aromatic rings. The van der Waals surface area contributed by atoms with Crippen LogP contribution in [0.25, 0.3) is 10.8 Å². The number of amides is 2. The molecule has 2 aromatic heterocycles. The van der Waals surface area contributed by atoms with Crippen LogP contribution in [0.4, 0.5) is 23.7 Å². The number of halogens is 3. The Balaban J connectivity index is 1.63. The van der Waals surface area contributed by atoms with Crippen molar-refractivity contribution in [1.82, 2.24) is 20.3 Å². The number of nitrogens with one attached hydrogen (secondary N) is 2. The maximum Gasteiger partial charge on any atom is 0.451 e. The number of hydrogen-bond donors (Lipinski definition) is 2. The topological polar surface area (TPSA) is 79.8 Å². The maximum absolute atomic E-state index is 12.4. The van der Waals surface area contributed by atoms with Crippen molar-refractivity contribution in [3.63, 3.8) is 0 Å². The van der Waals surface area contributed by atoms with E-state index in [2.05, 4.69) is 25.6 Å². The van der Waals surface area contributed by atoms with Crippen molar-refractivity contribution in [1.29, 1.82) is 0 Å². The predicted octanol–water partition coefficient (Wildman–Crippen LogP) is 3.37. The highest BCUT2D eigenvalue weighted by Gasteiger charge is 2.34. The molecule has 0 bridgehead atoms. The van der Waals surface area contributed by atoms with Gasteiger partial charge in [0.25, 0.3) is 0 Å². The zero-order valence-corrected chi connectivity index (χ0v) is 12.7. The van der Waals surface area contributed by atoms with Gasteiger partial charge in [-0.2, -0.15) is 13.2 Å². The summed E-state index contributed by atoms with van der Waals surface area (Å²) in [4.78, 5) is 22.5. The molecule has 25 heavy (non-hydrogen) atoms. The number of fused-ring (bicyclic) bond motifs is 1. The second-order valence-corrected chi connectivity index (χ2v) is 5.12. The molecule has 0 saturated heterocycles. The van der Waals surface area contributed by atoms with Crippen LogP contribution in [0.15, 0.2) is 49.1 Å². The molecule has 0 radical (unpaired) electrons. The van der Waals surface area contributed by atoms with Crippen LogP contribution >= 0.6 is 0 Å². The summed E-state index contributed by atoms with van der Waals surface area (Å²) in [7, 11) is 0. The van der Waals surface area contributed by atoms with E-state index in [1.165, 1.54) is 0 Å². The van der Waals surface area contributed by atoms with Crippen LogP contribution in [0.5, 0.6) is 0 Å². The Morgan fingerprint density at radius 2 is 1.84 bits per heavy atom. The van der Waals surface area contributed by atoms with Crippen LogP contribution in [0, 0.1) is 0 Å². The average molecular weight is 347 g/mol. The van der Waals surface area contributed by atoms with Gasteiger partial charge in [-0.15, -0.1) is 0 Å². The summed E-state index contributed by atoms with van der Waals surface area (Å²) in [5, 5.41) is 6.93. The molecular formula is C16H12F3N5O. The minimum Gasteiger partial charge on any atom is -0.334 e. The fourth-order valence-electron chi connectivity index (χ4n) is 2.17. The molecule has 6 nitrogen and oxygen atoms in total. The number of aromatic nitrogens is 3. The van der Waals surface area contributed by atoms with Crippen LogP contribution in [-0.2, 0) is 12.7 Å². The Bertz CT molecular complexity index is 891. The first-order chi connectivity index (χ1) is 11.9. The summed E-state index contributed by atoms with van der Waals surface area (Å²) in [5.41, 5.74) is 0.950. The van der Waals surface area contributed by atoms with Gasteiger partial charge in [0.1, 0.15) is 0 Å². The summed E-state index contributed by atoms with van der Waals surface area (Å²) in [5.74, 6) is -1.22. The van der Waals surface area contributed by atoms with E-state index in [9.17, 15) is 18.0 Å². The van der Waals surface area contributed by atoms with Crippen molar-refractivity contribution < 1.29 is 18.0 Å². The third-order valence-electron chi connectivity index (χ3n) is 3.34. The molecule has 2 heterocycles. The molecule has 0 unspecified atom stereocenters. The fourth-order valence-corrected chi connectivity index (χ4v) is 2.17. The molecule has 0 saturated carbocycles. The Morgan fingerprint density at radius 1 is 1.08 bits per heavy atom. The number of nitrogens with zero attached hydrogens (tertiary/aromatic N) is 3. The van der Waals surface area contributed by atoms with E-state index in [1.807, 2.05) is 6.07 Å². The molecule has 0 aliphatic carbocycles. The van der Waals surface area contributed by atoms with Gasteiger partial charge >= 0.3 is 12.2 Å². The quantitative estimate of drug-likeness (QED) is 0.761. The lowest BCUT2D eigenvalue weighted by molar-refractivity contribution is -0.145. The first-order valence-corrected chi connectivity index (χ1v) is 7.19. The second kappa shape index (κ2) is 6.71. The van der Waals surface area contributed by atoms with Gasteiger partial charge in [-0.25, -0.2) is 14.8 Å². The van der Waals surface area contributed by atoms with E-state index in [0.717, 1.165) is 23.2 Å². The molecule has 0 fully saturated rings. The zero-order chi connectivity index (χ0) is 17.9. The third kappa shape index (κ3) is 4.00. The molecule has 2 amide bonds. The van der Waals surface area contributed by atoms with E-state index in [-0.39, 0.29) is 6.54 Å². The number of carbonyl (C=O) groups is 1. The monoisotopic (exact) mass is 347 g/mol. The van der Waals surface area contributed by atoms with Gasteiger partial charge in [0.05, 0.1) is 5.69 Å². The highest BCUT2D eigenvalue weighted by atomic mass is 19.4. The van der Waals surface area contributed by atoms with Gasteiger partial charge in [0, 0.05) is 47.7 Å². The van der Waals surface area contributed by atoms with E-state index < -0.39 is 18.0 Å². The van der Waals surface area contributed by atoms with Crippen molar-refractivity contribution in [2.24, 2.45) is 0 Å². The average Bonchev–Trinajstić information content (AvgIpc) is 2.60. The van der Waals surface area contributed by atoms with Crippen LogP contribution in [-0.4, -0.2) is 21.0 Å². The van der Waals surface area contributed by atoms with Crippen molar-refractivity contribution >= 4 is 22.5 Å². The number of hydrogen-bond acceptors (Lipinski definition) is 4. The van der Waals surface area contributed by atoms with Gasteiger partial charge in [-0.05, 0) is 12.1 Å². The first-order valence-electron chi connectivity index (χ1n) is 7.19. The molecule has 3 rings (SSSR count). The van der Waals surface area contributed by atoms with Gasteiger partial charge in [-0.3, -0.25) is 4.98 Å². The SMILES string of the molecule is O=C(NCc1cnc(C(F)(F)F)nc1)Nc1cccc2cnccc12. The molecule has 2 N–H and O–H groups in total. The van der Waals surface area contributed by atoms with Crippen LogP contribution < -0.4 is 10.6 Å². The van der Waals surface area contributed by atoms with Gasteiger partial charge in [-0.1, -0.05) is 12.1 Å². The molecule has 1 aromatic carbocycles. The summed E-state index contributed by atoms with van der Waals surface area (Å²) < 4.78 is 37.2. The van der Waals surface area contributed by atoms with E-state index in [4.69, 9.17) is 0 Å². The number of rotatable bonds is 3. The Hall–Kier alpha value is -3.23. The van der Waals surface area contributed by atoms with Gasteiger partial charge < -0.3 is 10.6 Å². The lowest BCUT2D eigenvalue weighted by Gasteiger charge is -2.10. The Kier molecular flexibility index (Phi) is 4.46. The number of pyridine rings is 1. The Morgan fingerprint density at radius 3 is 2.56 bits per heavy atom. The number of carbonyl (C=O) groups excluding carboxylic acids is 1. The lowest BCUT2D eigenvalue weighted by Crippen LogP contribution is -2.28. The highest BCUT2D eigenvalue weighted by Crippen LogP contribution is 2.25.